The Morgan fingerprint density at radius 1 is 1.10 bits per heavy atom. The molecule has 0 amide bonds. The molecule has 2 aliphatic rings. The molecule has 0 bridgehead atoms. The first kappa shape index (κ1) is 12.7. The van der Waals surface area contributed by atoms with Crippen LogP contribution in [-0.2, 0) is 12.8 Å². The average Bonchev–Trinajstić information content (AvgIpc) is 3.04. The van der Waals surface area contributed by atoms with E-state index in [-0.39, 0.29) is 0 Å². The lowest BCUT2D eigenvalue weighted by Crippen LogP contribution is -2.44. The summed E-state index contributed by atoms with van der Waals surface area (Å²) in [6, 6.07) is 3.97. The number of nitrogens with zero attached hydrogens (tertiary/aromatic N) is 4. The van der Waals surface area contributed by atoms with Crippen molar-refractivity contribution in [2.75, 3.05) is 31.1 Å². The molecule has 4 rings (SSSR count). The zero-order valence-electron chi connectivity index (χ0n) is 12.0. The highest BCUT2D eigenvalue weighted by Gasteiger charge is 2.24. The van der Waals surface area contributed by atoms with Crippen molar-refractivity contribution in [1.29, 1.82) is 0 Å². The molecule has 1 saturated heterocycles. The van der Waals surface area contributed by atoms with Gasteiger partial charge in [0.25, 0.3) is 0 Å². The maximum absolute atomic E-state index is 4.89. The molecular formula is C16H19N5. The Bertz CT molecular complexity index is 635. The van der Waals surface area contributed by atoms with E-state index in [9.17, 15) is 0 Å². The number of anilines is 1. The molecule has 0 unspecified atom stereocenters. The predicted molar refractivity (Wildman–Crippen MR) is 82.4 cm³/mol. The van der Waals surface area contributed by atoms with Crippen molar-refractivity contribution in [1.82, 2.24) is 20.3 Å². The van der Waals surface area contributed by atoms with Crippen molar-refractivity contribution < 1.29 is 0 Å². The molecule has 1 aliphatic heterocycles. The molecule has 5 heteroatoms. The molecule has 2 aromatic rings. The molecule has 108 valence electrons. The van der Waals surface area contributed by atoms with Crippen LogP contribution in [0.4, 0.5) is 5.82 Å². The molecule has 0 atom stereocenters. The van der Waals surface area contributed by atoms with Crippen LogP contribution in [-0.4, -0.2) is 41.1 Å². The summed E-state index contributed by atoms with van der Waals surface area (Å²) in [5.41, 5.74) is 3.60. The van der Waals surface area contributed by atoms with Gasteiger partial charge in [0.05, 0.1) is 0 Å². The second-order valence-electron chi connectivity index (χ2n) is 5.63. The van der Waals surface area contributed by atoms with Crippen molar-refractivity contribution in [2.24, 2.45) is 0 Å². The molecule has 0 saturated carbocycles. The maximum Gasteiger partial charge on any atom is 0.163 e. The van der Waals surface area contributed by atoms with Crippen LogP contribution in [0.25, 0.3) is 11.4 Å². The quantitative estimate of drug-likeness (QED) is 0.902. The highest BCUT2D eigenvalue weighted by molar-refractivity contribution is 5.60. The molecule has 0 aromatic carbocycles. The molecule has 1 fully saturated rings. The van der Waals surface area contributed by atoms with Crippen LogP contribution < -0.4 is 10.2 Å². The number of rotatable bonds is 2. The van der Waals surface area contributed by atoms with E-state index >= 15 is 0 Å². The van der Waals surface area contributed by atoms with Gasteiger partial charge in [-0.2, -0.15) is 0 Å². The molecule has 0 radical (unpaired) electrons. The number of pyridine rings is 1. The van der Waals surface area contributed by atoms with Gasteiger partial charge in [-0.1, -0.05) is 0 Å². The molecule has 0 spiro atoms. The summed E-state index contributed by atoms with van der Waals surface area (Å²) >= 11 is 0. The number of nitrogens with one attached hydrogen (secondary N) is 1. The number of hydrogen-bond acceptors (Lipinski definition) is 5. The Morgan fingerprint density at radius 3 is 2.81 bits per heavy atom. The molecule has 1 N–H and O–H groups in total. The summed E-state index contributed by atoms with van der Waals surface area (Å²) < 4.78 is 0. The number of piperazine rings is 1. The van der Waals surface area contributed by atoms with Crippen LogP contribution in [0.1, 0.15) is 17.7 Å². The largest absolute Gasteiger partial charge is 0.354 e. The Balaban J connectivity index is 1.80. The molecule has 1 aliphatic carbocycles. The van der Waals surface area contributed by atoms with E-state index in [1.807, 2.05) is 18.3 Å². The fourth-order valence-corrected chi connectivity index (χ4v) is 3.17. The second-order valence-corrected chi connectivity index (χ2v) is 5.63. The first-order valence-corrected chi connectivity index (χ1v) is 7.68. The van der Waals surface area contributed by atoms with Crippen molar-refractivity contribution in [3.8, 4) is 11.4 Å². The summed E-state index contributed by atoms with van der Waals surface area (Å²) in [6.45, 7) is 4.11. The number of aromatic nitrogens is 3. The molecule has 2 aromatic heterocycles. The summed E-state index contributed by atoms with van der Waals surface area (Å²) in [6.07, 6.45) is 7.01. The lowest BCUT2D eigenvalue weighted by Gasteiger charge is -2.30. The van der Waals surface area contributed by atoms with Gasteiger partial charge in [-0.15, -0.1) is 0 Å². The van der Waals surface area contributed by atoms with Crippen LogP contribution in [0, 0.1) is 0 Å². The number of fused-ring (bicyclic) bond motifs is 1. The molecular weight excluding hydrogens is 262 g/mol. The van der Waals surface area contributed by atoms with Crippen molar-refractivity contribution in [2.45, 2.75) is 19.3 Å². The average molecular weight is 281 g/mol. The van der Waals surface area contributed by atoms with Crippen LogP contribution in [0.15, 0.2) is 24.5 Å². The van der Waals surface area contributed by atoms with Crippen LogP contribution in [0.3, 0.4) is 0 Å². The van der Waals surface area contributed by atoms with Crippen LogP contribution >= 0.6 is 0 Å². The SMILES string of the molecule is c1cncc(-c2nc3c(c(N4CCNCC4)n2)CCC3)c1. The van der Waals surface area contributed by atoms with E-state index in [1.165, 1.54) is 17.7 Å². The first-order valence-electron chi connectivity index (χ1n) is 7.68. The van der Waals surface area contributed by atoms with E-state index < -0.39 is 0 Å². The van der Waals surface area contributed by atoms with Crippen molar-refractivity contribution in [3.05, 3.63) is 35.8 Å². The summed E-state index contributed by atoms with van der Waals surface area (Å²) in [5.74, 6) is 1.97. The van der Waals surface area contributed by atoms with Gasteiger partial charge >= 0.3 is 0 Å². The van der Waals surface area contributed by atoms with Crippen molar-refractivity contribution in [3.63, 3.8) is 0 Å². The smallest absolute Gasteiger partial charge is 0.163 e. The molecule has 3 heterocycles. The fourth-order valence-electron chi connectivity index (χ4n) is 3.17. The minimum absolute atomic E-state index is 0.817. The normalized spacial score (nSPS) is 17.8. The molecule has 5 nitrogen and oxygen atoms in total. The van der Waals surface area contributed by atoms with E-state index in [1.54, 1.807) is 6.20 Å². The summed E-state index contributed by atoms with van der Waals surface area (Å²) in [4.78, 5) is 16.3. The van der Waals surface area contributed by atoms with Crippen molar-refractivity contribution >= 4 is 5.82 Å². The number of hydrogen-bond donors (Lipinski definition) is 1. The van der Waals surface area contributed by atoms with E-state index in [0.717, 1.165) is 56.2 Å². The lowest BCUT2D eigenvalue weighted by molar-refractivity contribution is 0.583. The van der Waals surface area contributed by atoms with Crippen LogP contribution in [0.5, 0.6) is 0 Å². The Hall–Kier alpha value is -2.01. The highest BCUT2D eigenvalue weighted by Crippen LogP contribution is 2.31. The second kappa shape index (κ2) is 5.41. The van der Waals surface area contributed by atoms with Gasteiger partial charge in [0, 0.05) is 55.4 Å². The van der Waals surface area contributed by atoms with Gasteiger partial charge in [-0.05, 0) is 31.4 Å². The summed E-state index contributed by atoms with van der Waals surface area (Å²) in [5, 5.41) is 3.40. The maximum atomic E-state index is 4.89. The van der Waals surface area contributed by atoms with E-state index in [2.05, 4.69) is 15.2 Å². The van der Waals surface area contributed by atoms with Gasteiger partial charge in [-0.3, -0.25) is 4.98 Å². The third-order valence-corrected chi connectivity index (χ3v) is 4.25. The topological polar surface area (TPSA) is 53.9 Å². The van der Waals surface area contributed by atoms with Gasteiger partial charge in [0.2, 0.25) is 0 Å². The third kappa shape index (κ3) is 2.38. The first-order chi connectivity index (χ1) is 10.4. The van der Waals surface area contributed by atoms with E-state index in [4.69, 9.17) is 9.97 Å². The van der Waals surface area contributed by atoms with Crippen LogP contribution in [0.2, 0.25) is 0 Å². The van der Waals surface area contributed by atoms with Gasteiger partial charge in [0.1, 0.15) is 5.82 Å². The fraction of sp³-hybridized carbons (Fsp3) is 0.438. The summed E-state index contributed by atoms with van der Waals surface area (Å²) in [7, 11) is 0. The lowest BCUT2D eigenvalue weighted by atomic mass is 10.2. The monoisotopic (exact) mass is 281 g/mol. The zero-order valence-corrected chi connectivity index (χ0v) is 12.0. The Labute approximate surface area is 124 Å². The standard InChI is InChI=1S/C16H19N5/c1-4-13-14(5-1)19-15(12-3-2-6-18-11-12)20-16(13)21-9-7-17-8-10-21/h2-3,6,11,17H,1,4-5,7-10H2. The minimum Gasteiger partial charge on any atom is -0.354 e. The van der Waals surface area contributed by atoms with Gasteiger partial charge < -0.3 is 10.2 Å². The van der Waals surface area contributed by atoms with Gasteiger partial charge in [0.15, 0.2) is 5.82 Å². The van der Waals surface area contributed by atoms with Gasteiger partial charge in [-0.25, -0.2) is 9.97 Å². The molecule has 21 heavy (non-hydrogen) atoms. The van der Waals surface area contributed by atoms with E-state index in [0.29, 0.717) is 0 Å². The highest BCUT2D eigenvalue weighted by atomic mass is 15.2. The Kier molecular flexibility index (Phi) is 3.27. The minimum atomic E-state index is 0.817. The number of aryl methyl sites for hydroxylation is 1. The Morgan fingerprint density at radius 2 is 2.00 bits per heavy atom. The predicted octanol–water partition coefficient (Wildman–Crippen LogP) is 1.44. The zero-order chi connectivity index (χ0) is 14.1. The third-order valence-electron chi connectivity index (χ3n) is 4.25.